The van der Waals surface area contributed by atoms with Gasteiger partial charge in [0.05, 0.1) is 12.1 Å². The van der Waals surface area contributed by atoms with Crippen molar-refractivity contribution in [2.24, 2.45) is 5.73 Å². The van der Waals surface area contributed by atoms with Gasteiger partial charge in [-0.15, -0.1) is 0 Å². The van der Waals surface area contributed by atoms with Gasteiger partial charge >= 0.3 is 0 Å². The lowest BCUT2D eigenvalue weighted by Gasteiger charge is -2.21. The van der Waals surface area contributed by atoms with Crippen LogP contribution in [0.5, 0.6) is 0 Å². The molecule has 2 heteroatoms. The predicted molar refractivity (Wildman–Crippen MR) is 81.1 cm³/mol. The van der Waals surface area contributed by atoms with Gasteiger partial charge in [-0.2, -0.15) is 0 Å². The molecular formula is C17H23NO. The lowest BCUT2D eigenvalue weighted by Crippen LogP contribution is -2.26. The highest BCUT2D eigenvalue weighted by atomic mass is 16.3. The third kappa shape index (κ3) is 2.96. The molecule has 102 valence electrons. The van der Waals surface area contributed by atoms with Gasteiger partial charge in [-0.1, -0.05) is 56.2 Å². The summed E-state index contributed by atoms with van der Waals surface area (Å²) in [6.07, 6.45) is 2.39. The molecule has 0 heterocycles. The summed E-state index contributed by atoms with van der Waals surface area (Å²) in [5.74, 6) is 0. The Morgan fingerprint density at radius 3 is 2.47 bits per heavy atom. The van der Waals surface area contributed by atoms with Crippen LogP contribution in [0.15, 0.2) is 36.4 Å². The van der Waals surface area contributed by atoms with E-state index < -0.39 is 6.10 Å². The van der Waals surface area contributed by atoms with Crippen LogP contribution in [-0.2, 0) is 0 Å². The van der Waals surface area contributed by atoms with Gasteiger partial charge < -0.3 is 10.8 Å². The summed E-state index contributed by atoms with van der Waals surface area (Å²) in [4.78, 5) is 0. The van der Waals surface area contributed by atoms with Gasteiger partial charge in [0.1, 0.15) is 0 Å². The molecule has 0 amide bonds. The Kier molecular flexibility index (Phi) is 4.56. The molecule has 19 heavy (non-hydrogen) atoms. The molecule has 2 atom stereocenters. The maximum atomic E-state index is 10.2. The van der Waals surface area contributed by atoms with Gasteiger partial charge in [0.2, 0.25) is 0 Å². The smallest absolute Gasteiger partial charge is 0.0733 e. The first-order chi connectivity index (χ1) is 9.15. The number of nitrogens with two attached hydrogens (primary N) is 1. The Hall–Kier alpha value is -1.38. The van der Waals surface area contributed by atoms with E-state index in [1.807, 2.05) is 12.1 Å². The van der Waals surface area contributed by atoms with E-state index in [9.17, 15) is 5.11 Å². The first-order valence-electron chi connectivity index (χ1n) is 7.07. The third-order valence-electron chi connectivity index (χ3n) is 3.80. The number of unbranched alkanes of at least 4 members (excludes halogenated alkanes) is 1. The number of hydrogen-bond acceptors (Lipinski definition) is 2. The fourth-order valence-corrected chi connectivity index (χ4v) is 2.56. The molecule has 0 bridgehead atoms. The Bertz CT molecular complexity index is 550. The largest absolute Gasteiger partial charge is 0.391 e. The second-order valence-corrected chi connectivity index (χ2v) is 5.25. The minimum atomic E-state index is -0.467. The molecule has 0 saturated carbocycles. The van der Waals surface area contributed by atoms with Crippen LogP contribution in [0.2, 0.25) is 0 Å². The van der Waals surface area contributed by atoms with Crippen LogP contribution in [0.3, 0.4) is 0 Å². The molecule has 0 aliphatic rings. The third-order valence-corrected chi connectivity index (χ3v) is 3.80. The summed E-state index contributed by atoms with van der Waals surface area (Å²) >= 11 is 0. The molecule has 0 aliphatic heterocycles. The van der Waals surface area contributed by atoms with Crippen molar-refractivity contribution in [2.45, 2.75) is 45.3 Å². The molecule has 2 rings (SSSR count). The molecule has 2 aromatic rings. The van der Waals surface area contributed by atoms with E-state index in [1.165, 1.54) is 10.9 Å². The number of aliphatic hydroxyl groups is 1. The number of hydrogen-bond donors (Lipinski definition) is 2. The van der Waals surface area contributed by atoms with Gasteiger partial charge in [-0.05, 0) is 35.2 Å². The Labute approximate surface area is 115 Å². The number of rotatable bonds is 5. The van der Waals surface area contributed by atoms with E-state index in [1.54, 1.807) is 0 Å². The van der Waals surface area contributed by atoms with Crippen LogP contribution >= 0.6 is 0 Å². The molecule has 2 aromatic carbocycles. The van der Waals surface area contributed by atoms with E-state index in [2.05, 4.69) is 38.1 Å². The molecule has 0 aromatic heterocycles. The fourth-order valence-electron chi connectivity index (χ4n) is 2.56. The van der Waals surface area contributed by atoms with Gasteiger partial charge in [0.25, 0.3) is 0 Å². The molecule has 0 fully saturated rings. The highest BCUT2D eigenvalue weighted by molar-refractivity contribution is 5.88. The summed E-state index contributed by atoms with van der Waals surface area (Å²) in [5.41, 5.74) is 8.54. The van der Waals surface area contributed by atoms with E-state index >= 15 is 0 Å². The molecule has 0 unspecified atom stereocenters. The lowest BCUT2D eigenvalue weighted by atomic mass is 9.92. The van der Waals surface area contributed by atoms with Crippen molar-refractivity contribution in [3.8, 4) is 0 Å². The van der Waals surface area contributed by atoms with E-state index in [4.69, 9.17) is 5.73 Å². The maximum Gasteiger partial charge on any atom is 0.0733 e. The zero-order valence-corrected chi connectivity index (χ0v) is 11.8. The fraction of sp³-hybridized carbons (Fsp3) is 0.412. The summed E-state index contributed by atoms with van der Waals surface area (Å²) in [5, 5.41) is 12.6. The second kappa shape index (κ2) is 6.18. The van der Waals surface area contributed by atoms with E-state index in [0.29, 0.717) is 0 Å². The van der Waals surface area contributed by atoms with Crippen molar-refractivity contribution >= 4 is 10.8 Å². The minimum Gasteiger partial charge on any atom is -0.391 e. The van der Waals surface area contributed by atoms with E-state index in [-0.39, 0.29) is 6.04 Å². The first kappa shape index (κ1) is 14.0. The Morgan fingerprint density at radius 1 is 1.11 bits per heavy atom. The van der Waals surface area contributed by atoms with Crippen molar-refractivity contribution < 1.29 is 5.11 Å². The SMILES string of the molecule is CCCC[C@H](O)[C@H](N)c1ccc(C)c2ccccc12. The topological polar surface area (TPSA) is 46.2 Å². The zero-order chi connectivity index (χ0) is 13.8. The summed E-state index contributed by atoms with van der Waals surface area (Å²) in [7, 11) is 0. The molecule has 0 radical (unpaired) electrons. The maximum absolute atomic E-state index is 10.2. The van der Waals surface area contributed by atoms with Crippen LogP contribution < -0.4 is 5.73 Å². The van der Waals surface area contributed by atoms with Crippen LogP contribution in [0.1, 0.15) is 43.4 Å². The van der Waals surface area contributed by atoms with Crippen molar-refractivity contribution in [3.63, 3.8) is 0 Å². The summed E-state index contributed by atoms with van der Waals surface area (Å²) < 4.78 is 0. The highest BCUT2D eigenvalue weighted by Gasteiger charge is 2.18. The van der Waals surface area contributed by atoms with Crippen molar-refractivity contribution in [2.75, 3.05) is 0 Å². The molecular weight excluding hydrogens is 234 g/mol. The normalized spacial score (nSPS) is 14.5. The van der Waals surface area contributed by atoms with Crippen LogP contribution in [0.25, 0.3) is 10.8 Å². The summed E-state index contributed by atoms with van der Waals surface area (Å²) in [6.45, 7) is 4.23. The van der Waals surface area contributed by atoms with Crippen LogP contribution in [0, 0.1) is 6.92 Å². The first-order valence-corrected chi connectivity index (χ1v) is 7.07. The standard InChI is InChI=1S/C17H23NO/c1-3-4-9-16(19)17(18)15-11-10-12(2)13-7-5-6-8-14(13)15/h5-8,10-11,16-17,19H,3-4,9,18H2,1-2H3/t16-,17+/m0/s1. The van der Waals surface area contributed by atoms with Crippen LogP contribution in [0.4, 0.5) is 0 Å². The van der Waals surface area contributed by atoms with Crippen molar-refractivity contribution in [1.82, 2.24) is 0 Å². The molecule has 0 aliphatic carbocycles. The average Bonchev–Trinajstić information content (AvgIpc) is 2.45. The molecule has 0 saturated heterocycles. The predicted octanol–water partition coefficient (Wildman–Crippen LogP) is 3.70. The number of benzene rings is 2. The monoisotopic (exact) mass is 257 g/mol. The molecule has 0 spiro atoms. The lowest BCUT2D eigenvalue weighted by molar-refractivity contribution is 0.133. The Morgan fingerprint density at radius 2 is 1.79 bits per heavy atom. The van der Waals surface area contributed by atoms with E-state index in [0.717, 1.165) is 30.2 Å². The van der Waals surface area contributed by atoms with Crippen molar-refractivity contribution in [3.05, 3.63) is 47.5 Å². The van der Waals surface area contributed by atoms with Gasteiger partial charge in [0, 0.05) is 0 Å². The molecule has 3 N–H and O–H groups in total. The minimum absolute atomic E-state index is 0.308. The number of fused-ring (bicyclic) bond motifs is 1. The number of aryl methyl sites for hydroxylation is 1. The van der Waals surface area contributed by atoms with Crippen LogP contribution in [-0.4, -0.2) is 11.2 Å². The Balaban J connectivity index is 2.37. The highest BCUT2D eigenvalue weighted by Crippen LogP contribution is 2.28. The summed E-state index contributed by atoms with van der Waals surface area (Å²) in [6, 6.07) is 12.1. The quantitative estimate of drug-likeness (QED) is 0.858. The molecule has 2 nitrogen and oxygen atoms in total. The van der Waals surface area contributed by atoms with Gasteiger partial charge in [-0.25, -0.2) is 0 Å². The van der Waals surface area contributed by atoms with Gasteiger partial charge in [0.15, 0.2) is 0 Å². The second-order valence-electron chi connectivity index (χ2n) is 5.25. The number of aliphatic hydroxyl groups excluding tert-OH is 1. The average molecular weight is 257 g/mol. The zero-order valence-electron chi connectivity index (χ0n) is 11.8. The van der Waals surface area contributed by atoms with Gasteiger partial charge in [-0.3, -0.25) is 0 Å². The van der Waals surface area contributed by atoms with Crippen molar-refractivity contribution in [1.29, 1.82) is 0 Å².